The molecule has 0 bridgehead atoms. The molecular weight excluding hydrogens is 571 g/mol. The van der Waals surface area contributed by atoms with Crippen LogP contribution in [0.15, 0.2) is 42.5 Å². The van der Waals surface area contributed by atoms with E-state index in [4.69, 9.17) is 33.2 Å². The lowest BCUT2D eigenvalue weighted by molar-refractivity contribution is -0.111. The average Bonchev–Trinajstić information content (AvgIpc) is 2.98. The second-order valence-corrected chi connectivity index (χ2v) is 11.8. The van der Waals surface area contributed by atoms with E-state index in [1.54, 1.807) is 12.1 Å². The van der Waals surface area contributed by atoms with Gasteiger partial charge in [-0.15, -0.1) is 0 Å². The van der Waals surface area contributed by atoms with Crippen LogP contribution in [0.2, 0.25) is 10.0 Å². The Kier molecular flexibility index (Phi) is 9.51. The van der Waals surface area contributed by atoms with Gasteiger partial charge in [-0.05, 0) is 75.6 Å². The van der Waals surface area contributed by atoms with Gasteiger partial charge in [0.2, 0.25) is 5.95 Å². The number of benzene rings is 2. The highest BCUT2D eigenvalue weighted by atomic mass is 35.5. The standard InChI is InChI=1S/C32H34Cl2N6O2/c1-40(2)30-24-10-6-7-11-27(24)37-32(39-30)36-23-15-13-22(14-16-23)35-31(42)25-18-21(33)19-26(34)29(25)38-28(41)17-12-20-8-4-3-5-9-20/h3-5,8-9,18-19,22-23H,6-7,10-11,13-16H2,1-2H3,(H,35,42)(H,38,41)(H,36,37,39)/t22-,23+. The maximum absolute atomic E-state index is 13.4. The van der Waals surface area contributed by atoms with E-state index in [-0.39, 0.29) is 34.3 Å². The van der Waals surface area contributed by atoms with Crippen LogP contribution in [0.4, 0.5) is 17.5 Å². The van der Waals surface area contributed by atoms with Gasteiger partial charge in [-0.25, -0.2) is 4.98 Å². The summed E-state index contributed by atoms with van der Waals surface area (Å²) in [5.41, 5.74) is 3.50. The zero-order chi connectivity index (χ0) is 29.6. The van der Waals surface area contributed by atoms with Gasteiger partial charge in [0, 0.05) is 48.2 Å². The number of hydrogen-bond donors (Lipinski definition) is 3. The zero-order valence-electron chi connectivity index (χ0n) is 23.8. The average molecular weight is 606 g/mol. The highest BCUT2D eigenvalue weighted by Gasteiger charge is 2.26. The van der Waals surface area contributed by atoms with Crippen molar-refractivity contribution < 1.29 is 9.59 Å². The van der Waals surface area contributed by atoms with Crippen LogP contribution in [0.3, 0.4) is 0 Å². The number of anilines is 3. The van der Waals surface area contributed by atoms with Crippen LogP contribution in [0.25, 0.3) is 0 Å². The number of aryl methyl sites for hydroxylation is 1. The van der Waals surface area contributed by atoms with Crippen molar-refractivity contribution in [1.82, 2.24) is 15.3 Å². The molecular formula is C32H34Cl2N6O2. The Morgan fingerprint density at radius 2 is 1.67 bits per heavy atom. The summed E-state index contributed by atoms with van der Waals surface area (Å²) in [4.78, 5) is 37.7. The zero-order valence-corrected chi connectivity index (χ0v) is 25.3. The molecule has 1 aromatic heterocycles. The van der Waals surface area contributed by atoms with E-state index in [0.717, 1.165) is 56.5 Å². The van der Waals surface area contributed by atoms with Crippen molar-refractivity contribution in [3.8, 4) is 11.8 Å². The molecule has 0 radical (unpaired) electrons. The number of amides is 2. The van der Waals surface area contributed by atoms with Crippen molar-refractivity contribution in [3.05, 3.63) is 74.9 Å². The van der Waals surface area contributed by atoms with Gasteiger partial charge in [0.1, 0.15) is 5.82 Å². The molecule has 0 unspecified atom stereocenters. The molecule has 2 aliphatic carbocycles. The number of aromatic nitrogens is 2. The fraction of sp³-hybridized carbons (Fsp3) is 0.375. The first-order valence-electron chi connectivity index (χ1n) is 14.3. The van der Waals surface area contributed by atoms with E-state index in [0.29, 0.717) is 16.5 Å². The van der Waals surface area contributed by atoms with Gasteiger partial charge in [-0.2, -0.15) is 4.98 Å². The van der Waals surface area contributed by atoms with Crippen LogP contribution < -0.4 is 20.9 Å². The van der Waals surface area contributed by atoms with Gasteiger partial charge in [0.25, 0.3) is 5.91 Å². The highest BCUT2D eigenvalue weighted by Crippen LogP contribution is 2.32. The minimum absolute atomic E-state index is 0.0310. The lowest BCUT2D eigenvalue weighted by Gasteiger charge is -2.30. The molecule has 1 saturated carbocycles. The third-order valence-corrected chi connectivity index (χ3v) is 8.13. The smallest absolute Gasteiger partial charge is 0.300 e. The van der Waals surface area contributed by atoms with Crippen molar-refractivity contribution in [2.45, 2.75) is 63.5 Å². The van der Waals surface area contributed by atoms with Crippen LogP contribution in [0, 0.1) is 11.8 Å². The molecule has 10 heteroatoms. The van der Waals surface area contributed by atoms with E-state index in [1.165, 1.54) is 24.1 Å². The molecule has 0 aliphatic heterocycles. The van der Waals surface area contributed by atoms with Crippen molar-refractivity contribution in [2.24, 2.45) is 0 Å². The largest absolute Gasteiger partial charge is 0.362 e. The van der Waals surface area contributed by atoms with Gasteiger partial charge < -0.3 is 20.9 Å². The first-order chi connectivity index (χ1) is 20.3. The third-order valence-electron chi connectivity index (χ3n) is 7.61. The Morgan fingerprint density at radius 3 is 2.40 bits per heavy atom. The number of nitrogens with zero attached hydrogens (tertiary/aromatic N) is 3. The third kappa shape index (κ3) is 7.33. The fourth-order valence-corrected chi connectivity index (χ4v) is 6.05. The molecule has 5 rings (SSSR count). The summed E-state index contributed by atoms with van der Waals surface area (Å²) in [6, 6.07) is 12.3. The number of rotatable bonds is 6. The molecule has 3 aromatic rings. The number of hydrogen-bond acceptors (Lipinski definition) is 6. The summed E-state index contributed by atoms with van der Waals surface area (Å²) >= 11 is 12.6. The second-order valence-electron chi connectivity index (χ2n) is 10.9. The number of nitrogens with one attached hydrogen (secondary N) is 3. The van der Waals surface area contributed by atoms with E-state index >= 15 is 0 Å². The number of carbonyl (C=O) groups excluding carboxylic acids is 2. The van der Waals surface area contributed by atoms with Gasteiger partial charge in [-0.1, -0.05) is 47.3 Å². The molecule has 2 aliphatic rings. The quantitative estimate of drug-likeness (QED) is 0.304. The topological polar surface area (TPSA) is 99.3 Å². The van der Waals surface area contributed by atoms with Crippen LogP contribution in [-0.2, 0) is 17.6 Å². The molecule has 8 nitrogen and oxygen atoms in total. The van der Waals surface area contributed by atoms with Gasteiger partial charge >= 0.3 is 5.91 Å². The summed E-state index contributed by atoms with van der Waals surface area (Å²) in [6.45, 7) is 0. The number of halogens is 2. The van der Waals surface area contributed by atoms with E-state index < -0.39 is 5.91 Å². The van der Waals surface area contributed by atoms with Crippen LogP contribution >= 0.6 is 23.2 Å². The van der Waals surface area contributed by atoms with Crippen molar-refractivity contribution >= 4 is 52.5 Å². The van der Waals surface area contributed by atoms with E-state index in [1.807, 2.05) is 32.3 Å². The first-order valence-corrected chi connectivity index (χ1v) is 15.0. The predicted octanol–water partition coefficient (Wildman–Crippen LogP) is 5.87. The van der Waals surface area contributed by atoms with E-state index in [2.05, 4.69) is 32.7 Å². The summed E-state index contributed by atoms with van der Waals surface area (Å²) in [6.07, 6.45) is 7.64. The molecule has 42 heavy (non-hydrogen) atoms. The number of carbonyl (C=O) groups is 2. The van der Waals surface area contributed by atoms with Crippen molar-refractivity contribution in [2.75, 3.05) is 29.6 Å². The van der Waals surface area contributed by atoms with Crippen LogP contribution in [0.5, 0.6) is 0 Å². The lowest BCUT2D eigenvalue weighted by atomic mass is 9.91. The minimum atomic E-state index is -0.578. The SMILES string of the molecule is CN(C)c1nc(N[C@H]2CC[C@@H](NC(=O)c3cc(Cl)cc(Cl)c3NC(=O)C#Cc3ccccc3)CC2)nc2c1CCCC2. The monoisotopic (exact) mass is 604 g/mol. The molecule has 0 spiro atoms. The maximum Gasteiger partial charge on any atom is 0.300 e. The Balaban J connectivity index is 1.21. The minimum Gasteiger partial charge on any atom is -0.362 e. The first kappa shape index (κ1) is 29.7. The second kappa shape index (κ2) is 13.5. The summed E-state index contributed by atoms with van der Waals surface area (Å²) in [7, 11) is 4.05. The highest BCUT2D eigenvalue weighted by molar-refractivity contribution is 6.38. The number of fused-ring (bicyclic) bond motifs is 1. The van der Waals surface area contributed by atoms with Gasteiger partial charge in [0.15, 0.2) is 0 Å². The van der Waals surface area contributed by atoms with Crippen molar-refractivity contribution in [1.29, 1.82) is 0 Å². The lowest BCUT2D eigenvalue weighted by Crippen LogP contribution is -2.40. The molecule has 0 saturated heterocycles. The normalized spacial score (nSPS) is 17.7. The fourth-order valence-electron chi connectivity index (χ4n) is 5.51. The molecule has 0 atom stereocenters. The molecule has 2 amide bonds. The summed E-state index contributed by atoms with van der Waals surface area (Å²) in [5, 5.41) is 9.78. The molecule has 2 aromatic carbocycles. The Morgan fingerprint density at radius 1 is 0.952 bits per heavy atom. The Hall–Kier alpha value is -3.80. The predicted molar refractivity (Wildman–Crippen MR) is 169 cm³/mol. The summed E-state index contributed by atoms with van der Waals surface area (Å²) < 4.78 is 0. The van der Waals surface area contributed by atoms with E-state index in [9.17, 15) is 9.59 Å². The Bertz CT molecular complexity index is 1530. The van der Waals surface area contributed by atoms with Gasteiger partial charge in [0.05, 0.1) is 22.0 Å². The maximum atomic E-state index is 13.4. The molecule has 218 valence electrons. The van der Waals surface area contributed by atoms with Crippen LogP contribution in [0.1, 0.15) is 65.7 Å². The molecule has 1 heterocycles. The summed E-state index contributed by atoms with van der Waals surface area (Å²) in [5.74, 6) is 6.10. The molecule has 1 fully saturated rings. The van der Waals surface area contributed by atoms with Crippen LogP contribution in [-0.4, -0.2) is 48.0 Å². The Labute approximate surface area is 256 Å². The van der Waals surface area contributed by atoms with Crippen molar-refractivity contribution in [3.63, 3.8) is 0 Å². The molecule has 3 N–H and O–H groups in total. The van der Waals surface area contributed by atoms with Gasteiger partial charge in [-0.3, -0.25) is 9.59 Å².